The number of rotatable bonds is 6. The van der Waals surface area contributed by atoms with Crippen molar-refractivity contribution in [2.75, 3.05) is 17.2 Å². The quantitative estimate of drug-likeness (QED) is 0.259. The monoisotopic (exact) mass is 466 g/mol. The van der Waals surface area contributed by atoms with Gasteiger partial charge in [0.05, 0.1) is 27.5 Å². The first-order valence-corrected chi connectivity index (χ1v) is 11.5. The molecule has 0 amide bonds. The van der Waals surface area contributed by atoms with Gasteiger partial charge in [0.1, 0.15) is 0 Å². The molecule has 0 fully saturated rings. The van der Waals surface area contributed by atoms with Gasteiger partial charge in [-0.05, 0) is 61.1 Å². The van der Waals surface area contributed by atoms with Gasteiger partial charge in [0.2, 0.25) is 0 Å². The summed E-state index contributed by atoms with van der Waals surface area (Å²) in [6.07, 6.45) is 5.62. The van der Waals surface area contributed by atoms with Gasteiger partial charge < -0.3 is 20.7 Å². The molecular weight excluding hydrogens is 443 g/mol. The summed E-state index contributed by atoms with van der Waals surface area (Å²) in [5.41, 5.74) is 7.93. The number of hydrogen-bond acceptors (Lipinski definition) is 4. The first-order valence-electron chi connectivity index (χ1n) is 10.7. The Bertz CT molecular complexity index is 1280. The summed E-state index contributed by atoms with van der Waals surface area (Å²) in [4.78, 5) is 7.69. The molecule has 0 saturated carbocycles. The van der Waals surface area contributed by atoms with Crippen LogP contribution in [0, 0.1) is 6.92 Å². The number of halogens is 2. The van der Waals surface area contributed by atoms with Crippen LogP contribution >= 0.6 is 23.2 Å². The Morgan fingerprint density at radius 1 is 1.19 bits per heavy atom. The van der Waals surface area contributed by atoms with Crippen molar-refractivity contribution in [1.82, 2.24) is 9.97 Å². The number of aryl methyl sites for hydroxylation is 1. The van der Waals surface area contributed by atoms with Crippen molar-refractivity contribution in [3.05, 3.63) is 81.2 Å². The fourth-order valence-electron chi connectivity index (χ4n) is 4.46. The summed E-state index contributed by atoms with van der Waals surface area (Å²) in [5.74, 6) is 0. The number of pyridine rings is 1. The molecule has 0 spiro atoms. The molecule has 1 unspecified atom stereocenters. The van der Waals surface area contributed by atoms with E-state index in [2.05, 4.69) is 51.9 Å². The zero-order chi connectivity index (χ0) is 22.2. The van der Waals surface area contributed by atoms with Crippen LogP contribution in [0.2, 0.25) is 10.0 Å². The fraction of sp³-hybridized carbons (Fsp3) is 0.240. The first-order chi connectivity index (χ1) is 15.5. The molecule has 0 saturated heterocycles. The highest BCUT2D eigenvalue weighted by molar-refractivity contribution is 6.39. The highest BCUT2D eigenvalue weighted by atomic mass is 35.5. The highest BCUT2D eigenvalue weighted by Crippen LogP contribution is 2.38. The lowest BCUT2D eigenvalue weighted by molar-refractivity contribution is 0.176. The summed E-state index contributed by atoms with van der Waals surface area (Å²) in [6.45, 7) is 2.82. The molecule has 1 aliphatic rings. The maximum atomic E-state index is 10.1. The predicted molar refractivity (Wildman–Crippen MR) is 132 cm³/mol. The van der Waals surface area contributed by atoms with Crippen LogP contribution < -0.4 is 10.6 Å². The lowest BCUT2D eigenvalue weighted by atomic mass is 10.1. The van der Waals surface area contributed by atoms with Crippen molar-refractivity contribution in [1.29, 1.82) is 0 Å². The van der Waals surface area contributed by atoms with E-state index >= 15 is 0 Å². The lowest BCUT2D eigenvalue weighted by Crippen LogP contribution is -2.06. The van der Waals surface area contributed by atoms with Gasteiger partial charge in [-0.25, -0.2) is 0 Å². The molecule has 32 heavy (non-hydrogen) atoms. The largest absolute Gasteiger partial charge is 0.387 e. The zero-order valence-electron chi connectivity index (χ0n) is 17.7. The Kier molecular flexibility index (Phi) is 5.72. The normalized spacial score (nSPS) is 15.2. The number of nitrogens with one attached hydrogen (secondary N) is 3. The molecule has 7 heteroatoms. The topological polar surface area (TPSA) is 73.0 Å². The van der Waals surface area contributed by atoms with Crippen LogP contribution in [-0.4, -0.2) is 21.6 Å². The van der Waals surface area contributed by atoms with Crippen LogP contribution in [-0.2, 0) is 12.8 Å². The highest BCUT2D eigenvalue weighted by Gasteiger charge is 2.24. The van der Waals surface area contributed by atoms with E-state index in [0.29, 0.717) is 23.0 Å². The van der Waals surface area contributed by atoms with E-state index in [0.717, 1.165) is 41.2 Å². The number of benzene rings is 2. The van der Waals surface area contributed by atoms with Gasteiger partial charge in [-0.1, -0.05) is 41.4 Å². The van der Waals surface area contributed by atoms with Gasteiger partial charge in [0, 0.05) is 41.2 Å². The molecule has 4 aromatic rings. The molecule has 5 rings (SSSR count). The van der Waals surface area contributed by atoms with Crippen LogP contribution in [0.4, 0.5) is 17.1 Å². The molecule has 1 aliphatic carbocycles. The molecular formula is C25H24Cl2N4O. The average molecular weight is 467 g/mol. The minimum Gasteiger partial charge on any atom is -0.387 e. The number of anilines is 3. The van der Waals surface area contributed by atoms with Gasteiger partial charge in [0.15, 0.2) is 0 Å². The Labute approximate surface area is 196 Å². The summed E-state index contributed by atoms with van der Waals surface area (Å²) >= 11 is 13.1. The van der Waals surface area contributed by atoms with Crippen LogP contribution in [0.3, 0.4) is 0 Å². The maximum Gasteiger partial charge on any atom is 0.0966 e. The van der Waals surface area contributed by atoms with E-state index in [1.165, 1.54) is 22.0 Å². The number of aliphatic hydroxyl groups excluding tert-OH is 1. The smallest absolute Gasteiger partial charge is 0.0966 e. The predicted octanol–water partition coefficient (Wildman–Crippen LogP) is 6.56. The Hall–Kier alpha value is -2.73. The zero-order valence-corrected chi connectivity index (χ0v) is 19.2. The van der Waals surface area contributed by atoms with Gasteiger partial charge in [-0.2, -0.15) is 0 Å². The van der Waals surface area contributed by atoms with Crippen LogP contribution in [0.25, 0.3) is 10.9 Å². The lowest BCUT2D eigenvalue weighted by Gasteiger charge is -2.15. The molecule has 2 heterocycles. The van der Waals surface area contributed by atoms with Crippen LogP contribution in [0.1, 0.15) is 34.9 Å². The van der Waals surface area contributed by atoms with E-state index in [9.17, 15) is 5.11 Å². The molecule has 5 nitrogen and oxygen atoms in total. The number of hydrogen-bond donors (Lipinski definition) is 4. The van der Waals surface area contributed by atoms with Crippen molar-refractivity contribution < 1.29 is 5.11 Å². The third-order valence-corrected chi connectivity index (χ3v) is 6.70. The second kappa shape index (κ2) is 8.66. The van der Waals surface area contributed by atoms with Crippen molar-refractivity contribution in [3.63, 3.8) is 0 Å². The molecule has 0 radical (unpaired) electrons. The second-order valence-electron chi connectivity index (χ2n) is 8.20. The van der Waals surface area contributed by atoms with E-state index in [-0.39, 0.29) is 0 Å². The maximum absolute atomic E-state index is 10.1. The van der Waals surface area contributed by atoms with Gasteiger partial charge in [-0.3, -0.25) is 4.98 Å². The number of aromatic nitrogens is 2. The number of H-pyrrole nitrogens is 1. The fourth-order valence-corrected chi connectivity index (χ4v) is 5.08. The second-order valence-corrected chi connectivity index (χ2v) is 9.02. The van der Waals surface area contributed by atoms with Crippen molar-refractivity contribution >= 4 is 51.2 Å². The Morgan fingerprint density at radius 2 is 2.00 bits per heavy atom. The number of aliphatic hydroxyl groups is 1. The summed E-state index contributed by atoms with van der Waals surface area (Å²) in [5, 5.41) is 19.2. The third kappa shape index (κ3) is 3.92. The molecule has 2 aromatic heterocycles. The average Bonchev–Trinajstić information content (AvgIpc) is 3.35. The minimum atomic E-state index is -0.494. The molecule has 0 bridgehead atoms. The van der Waals surface area contributed by atoms with E-state index in [4.69, 9.17) is 23.2 Å². The van der Waals surface area contributed by atoms with Crippen LogP contribution in [0.15, 0.2) is 48.8 Å². The van der Waals surface area contributed by atoms with E-state index in [1.54, 1.807) is 6.20 Å². The molecule has 4 N–H and O–H groups in total. The van der Waals surface area contributed by atoms with Gasteiger partial charge in [-0.15, -0.1) is 0 Å². The Morgan fingerprint density at radius 3 is 2.81 bits per heavy atom. The number of aromatic amines is 1. The SMILES string of the molecule is Cc1cccc2c(CCNc3c(Cl)cc(Nc4ccnc5c4CCC5O)cc3Cl)c[nH]c12. The third-order valence-electron chi connectivity index (χ3n) is 6.10. The molecule has 2 aromatic carbocycles. The van der Waals surface area contributed by atoms with Crippen molar-refractivity contribution in [2.24, 2.45) is 0 Å². The van der Waals surface area contributed by atoms with Gasteiger partial charge in [0.25, 0.3) is 0 Å². The minimum absolute atomic E-state index is 0.494. The van der Waals surface area contributed by atoms with Crippen molar-refractivity contribution in [3.8, 4) is 0 Å². The number of para-hydroxylation sites is 1. The number of fused-ring (bicyclic) bond motifs is 2. The molecule has 164 valence electrons. The van der Waals surface area contributed by atoms with Crippen LogP contribution in [0.5, 0.6) is 0 Å². The van der Waals surface area contributed by atoms with E-state index < -0.39 is 6.10 Å². The molecule has 1 atom stereocenters. The Balaban J connectivity index is 1.30. The number of nitrogens with zero attached hydrogens (tertiary/aromatic N) is 1. The summed E-state index contributed by atoms with van der Waals surface area (Å²) < 4.78 is 0. The summed E-state index contributed by atoms with van der Waals surface area (Å²) in [7, 11) is 0. The first kappa shape index (κ1) is 21.1. The molecule has 0 aliphatic heterocycles. The van der Waals surface area contributed by atoms with Gasteiger partial charge >= 0.3 is 0 Å². The standard InChI is InChI=1S/C25H24Cl2N4O/c1-14-3-2-4-17-15(13-30-23(14)17)7-9-29-25-19(26)11-16(12-20(25)27)31-21-8-10-28-24-18(21)5-6-22(24)32/h2-4,8,10-13,22,29-30,32H,5-7,9H2,1H3,(H,28,31). The van der Waals surface area contributed by atoms with Crippen molar-refractivity contribution in [2.45, 2.75) is 32.3 Å². The summed E-state index contributed by atoms with van der Waals surface area (Å²) in [6, 6.07) is 12.0. The van der Waals surface area contributed by atoms with E-state index in [1.807, 2.05) is 18.2 Å².